The maximum Gasteiger partial charge on any atom is 0.145 e. The van der Waals surface area contributed by atoms with E-state index in [9.17, 15) is 0 Å². The van der Waals surface area contributed by atoms with Gasteiger partial charge in [-0.1, -0.05) is 6.92 Å². The van der Waals surface area contributed by atoms with Gasteiger partial charge in [0.15, 0.2) is 0 Å². The maximum absolute atomic E-state index is 5.74. The lowest BCUT2D eigenvalue weighted by Gasteiger charge is -2.26. The van der Waals surface area contributed by atoms with Crippen molar-refractivity contribution in [3.63, 3.8) is 0 Å². The van der Waals surface area contributed by atoms with Crippen molar-refractivity contribution in [3.05, 3.63) is 17.6 Å². The predicted octanol–water partition coefficient (Wildman–Crippen LogP) is 2.28. The van der Waals surface area contributed by atoms with Gasteiger partial charge < -0.3 is 5.73 Å². The van der Waals surface area contributed by atoms with Crippen LogP contribution in [0.25, 0.3) is 0 Å². The third-order valence-corrected chi connectivity index (χ3v) is 5.42. The van der Waals surface area contributed by atoms with Gasteiger partial charge in [0.25, 0.3) is 0 Å². The molecule has 1 aliphatic rings. The van der Waals surface area contributed by atoms with E-state index < -0.39 is 0 Å². The van der Waals surface area contributed by atoms with Crippen LogP contribution in [0.15, 0.2) is 6.07 Å². The highest BCUT2D eigenvalue weighted by Gasteiger charge is 2.26. The molecule has 3 nitrogen and oxygen atoms in total. The van der Waals surface area contributed by atoms with Crippen LogP contribution in [0.5, 0.6) is 0 Å². The highest BCUT2D eigenvalue weighted by Crippen LogP contribution is 2.41. The van der Waals surface area contributed by atoms with E-state index in [1.165, 1.54) is 11.5 Å². The predicted molar refractivity (Wildman–Crippen MR) is 68.3 cm³/mol. The van der Waals surface area contributed by atoms with Gasteiger partial charge in [-0.05, 0) is 6.92 Å². The molecule has 2 N–H and O–H groups in total. The van der Waals surface area contributed by atoms with E-state index >= 15 is 0 Å². The summed E-state index contributed by atoms with van der Waals surface area (Å²) in [6, 6.07) is 1.81. The van der Waals surface area contributed by atoms with E-state index in [0.717, 1.165) is 11.5 Å². The first kappa shape index (κ1) is 11.1. The first-order chi connectivity index (χ1) is 7.16. The lowest BCUT2D eigenvalue weighted by Crippen LogP contribution is -2.18. The molecule has 1 aromatic rings. The third kappa shape index (κ3) is 2.58. The van der Waals surface area contributed by atoms with Crippen LogP contribution in [0.3, 0.4) is 0 Å². The summed E-state index contributed by atoms with van der Waals surface area (Å²) in [5, 5.41) is 0.968. The van der Waals surface area contributed by atoms with Gasteiger partial charge in [-0.15, -0.1) is 11.8 Å². The van der Waals surface area contributed by atoms with Gasteiger partial charge in [0.1, 0.15) is 11.6 Å². The zero-order chi connectivity index (χ0) is 10.8. The van der Waals surface area contributed by atoms with Crippen LogP contribution in [0.2, 0.25) is 0 Å². The van der Waals surface area contributed by atoms with E-state index in [2.05, 4.69) is 16.9 Å². The lowest BCUT2D eigenvalue weighted by atomic mass is 10.3. The van der Waals surface area contributed by atoms with E-state index in [1.807, 2.05) is 36.5 Å². The van der Waals surface area contributed by atoms with Gasteiger partial charge in [-0.2, -0.15) is 11.8 Å². The zero-order valence-corrected chi connectivity index (χ0v) is 10.6. The highest BCUT2D eigenvalue weighted by atomic mass is 32.2. The number of rotatable bonds is 1. The van der Waals surface area contributed by atoms with Crippen molar-refractivity contribution in [1.29, 1.82) is 0 Å². The Bertz CT molecular complexity index is 336. The minimum absolute atomic E-state index is 0.394. The topological polar surface area (TPSA) is 51.8 Å². The number of aromatic nitrogens is 2. The van der Waals surface area contributed by atoms with Crippen molar-refractivity contribution >= 4 is 29.3 Å². The smallest absolute Gasteiger partial charge is 0.145 e. The summed E-state index contributed by atoms with van der Waals surface area (Å²) in [6.45, 7) is 4.20. The highest BCUT2D eigenvalue weighted by molar-refractivity contribution is 8.06. The van der Waals surface area contributed by atoms with Crippen LogP contribution in [-0.4, -0.2) is 26.7 Å². The van der Waals surface area contributed by atoms with Gasteiger partial charge in [0, 0.05) is 28.5 Å². The van der Waals surface area contributed by atoms with Crippen molar-refractivity contribution in [2.45, 2.75) is 24.3 Å². The van der Waals surface area contributed by atoms with E-state index in [0.29, 0.717) is 16.3 Å². The first-order valence-corrected chi connectivity index (χ1v) is 7.11. The second-order valence-electron chi connectivity index (χ2n) is 3.66. The van der Waals surface area contributed by atoms with Crippen molar-refractivity contribution in [2.24, 2.45) is 0 Å². The summed E-state index contributed by atoms with van der Waals surface area (Å²) in [5.74, 6) is 3.89. The summed E-state index contributed by atoms with van der Waals surface area (Å²) in [4.78, 5) is 8.82. The number of hydrogen-bond acceptors (Lipinski definition) is 5. The zero-order valence-electron chi connectivity index (χ0n) is 8.93. The Morgan fingerprint density at radius 3 is 2.73 bits per heavy atom. The minimum atomic E-state index is 0.394. The summed E-state index contributed by atoms with van der Waals surface area (Å²) in [5.41, 5.74) is 6.70. The molecule has 2 rings (SSSR count). The molecule has 0 spiro atoms. The molecule has 1 saturated heterocycles. The largest absolute Gasteiger partial charge is 0.384 e. The van der Waals surface area contributed by atoms with Gasteiger partial charge in [0.2, 0.25) is 0 Å². The number of hydrogen-bond donors (Lipinski definition) is 1. The molecule has 2 atom stereocenters. The Morgan fingerprint density at radius 1 is 1.33 bits per heavy atom. The van der Waals surface area contributed by atoms with Crippen LogP contribution < -0.4 is 5.73 Å². The SMILES string of the molecule is Cc1cc(N)nc(C2SCCSC2C)n1. The average molecular weight is 241 g/mol. The quantitative estimate of drug-likeness (QED) is 0.817. The number of nitrogen functional groups attached to an aromatic ring is 1. The Balaban J connectivity index is 2.27. The number of thioether (sulfide) groups is 2. The third-order valence-electron chi connectivity index (χ3n) is 2.33. The molecule has 1 aromatic heterocycles. The Morgan fingerprint density at radius 2 is 2.07 bits per heavy atom. The molecule has 82 valence electrons. The molecule has 0 saturated carbocycles. The Labute approximate surface area is 98.6 Å². The number of nitrogens with zero attached hydrogens (tertiary/aromatic N) is 2. The van der Waals surface area contributed by atoms with Crippen LogP contribution in [0.1, 0.15) is 23.7 Å². The second kappa shape index (κ2) is 4.61. The molecule has 0 aromatic carbocycles. The molecule has 1 fully saturated rings. The number of anilines is 1. The fourth-order valence-corrected chi connectivity index (χ4v) is 4.35. The first-order valence-electron chi connectivity index (χ1n) is 5.01. The standard InChI is InChI=1S/C10H15N3S2/c1-6-5-8(11)13-10(12-6)9-7(2)14-3-4-15-9/h5,7,9H,3-4H2,1-2H3,(H2,11,12,13). The average Bonchev–Trinajstić information content (AvgIpc) is 2.16. The molecule has 5 heteroatoms. The van der Waals surface area contributed by atoms with Gasteiger partial charge in [-0.3, -0.25) is 0 Å². The molecule has 0 amide bonds. The Kier molecular flexibility index (Phi) is 3.41. The molecule has 0 aliphatic carbocycles. The molecule has 15 heavy (non-hydrogen) atoms. The molecule has 0 radical (unpaired) electrons. The molecular weight excluding hydrogens is 226 g/mol. The van der Waals surface area contributed by atoms with E-state index in [-0.39, 0.29) is 0 Å². The monoisotopic (exact) mass is 241 g/mol. The summed E-state index contributed by atoms with van der Waals surface area (Å²) < 4.78 is 0. The van der Waals surface area contributed by atoms with Crippen molar-refractivity contribution in [1.82, 2.24) is 9.97 Å². The van der Waals surface area contributed by atoms with Crippen LogP contribution in [0, 0.1) is 6.92 Å². The lowest BCUT2D eigenvalue weighted by molar-refractivity contribution is 0.817. The molecule has 0 bridgehead atoms. The molecule has 2 unspecified atom stereocenters. The van der Waals surface area contributed by atoms with Crippen LogP contribution in [-0.2, 0) is 0 Å². The normalized spacial score (nSPS) is 26.5. The van der Waals surface area contributed by atoms with Gasteiger partial charge in [0.05, 0.1) is 5.25 Å². The summed E-state index contributed by atoms with van der Waals surface area (Å²) in [7, 11) is 0. The van der Waals surface area contributed by atoms with Crippen LogP contribution in [0.4, 0.5) is 5.82 Å². The van der Waals surface area contributed by atoms with Crippen molar-refractivity contribution in [2.75, 3.05) is 17.2 Å². The van der Waals surface area contributed by atoms with E-state index in [1.54, 1.807) is 0 Å². The molecule has 1 aliphatic heterocycles. The van der Waals surface area contributed by atoms with Crippen molar-refractivity contribution < 1.29 is 0 Å². The van der Waals surface area contributed by atoms with Crippen molar-refractivity contribution in [3.8, 4) is 0 Å². The van der Waals surface area contributed by atoms with Gasteiger partial charge >= 0.3 is 0 Å². The van der Waals surface area contributed by atoms with E-state index in [4.69, 9.17) is 5.73 Å². The Hall–Kier alpha value is -0.420. The minimum Gasteiger partial charge on any atom is -0.384 e. The summed E-state index contributed by atoms with van der Waals surface area (Å²) >= 11 is 3.93. The fraction of sp³-hybridized carbons (Fsp3) is 0.600. The molecule has 2 heterocycles. The van der Waals surface area contributed by atoms with Crippen LogP contribution >= 0.6 is 23.5 Å². The summed E-state index contributed by atoms with van der Waals surface area (Å²) in [6.07, 6.45) is 0. The number of nitrogens with two attached hydrogens (primary N) is 1. The maximum atomic E-state index is 5.74. The van der Waals surface area contributed by atoms with Gasteiger partial charge in [-0.25, -0.2) is 9.97 Å². The molecular formula is C10H15N3S2. The number of aryl methyl sites for hydroxylation is 1. The second-order valence-corrected chi connectivity index (χ2v) is 6.39. The fourth-order valence-electron chi connectivity index (χ4n) is 1.66.